The van der Waals surface area contributed by atoms with Crippen LogP contribution in [0.15, 0.2) is 10.5 Å². The van der Waals surface area contributed by atoms with Crippen molar-refractivity contribution in [3.8, 4) is 0 Å². The van der Waals surface area contributed by atoms with Crippen molar-refractivity contribution < 1.29 is 14.2 Å². The lowest BCUT2D eigenvalue weighted by molar-refractivity contribution is -0.397. The van der Waals surface area contributed by atoms with Gasteiger partial charge in [0.1, 0.15) is 0 Å². The van der Waals surface area contributed by atoms with Crippen LogP contribution in [0.25, 0.3) is 0 Å². The Hall–Kier alpha value is -1.57. The number of nitro groups is 2. The molecule has 15 heavy (non-hydrogen) atoms. The van der Waals surface area contributed by atoms with Gasteiger partial charge in [-0.05, 0) is 28.4 Å². The molecule has 1 aromatic rings. The van der Waals surface area contributed by atoms with Crippen LogP contribution in [0.3, 0.4) is 0 Å². The fraction of sp³-hybridized carbons (Fsp3) is 0.143. The van der Waals surface area contributed by atoms with E-state index in [2.05, 4.69) is 15.9 Å². The van der Waals surface area contributed by atoms with Crippen molar-refractivity contribution in [3.05, 3.63) is 42.1 Å². The van der Waals surface area contributed by atoms with E-state index in [9.17, 15) is 24.6 Å². The first-order chi connectivity index (χ1) is 6.86. The van der Waals surface area contributed by atoms with Crippen molar-refractivity contribution in [2.75, 3.05) is 0 Å². The first-order valence-corrected chi connectivity index (χ1v) is 4.43. The molecule has 0 heterocycles. The number of hydrogen-bond donors (Lipinski definition) is 0. The van der Waals surface area contributed by atoms with Crippen molar-refractivity contribution in [1.29, 1.82) is 0 Å². The largest absolute Gasteiger partial charge is 0.326 e. The second-order valence-corrected chi connectivity index (χ2v) is 3.50. The maximum absolute atomic E-state index is 13.3. The van der Waals surface area contributed by atoms with Crippen LogP contribution in [-0.2, 0) is 0 Å². The molecule has 0 aliphatic rings. The maximum atomic E-state index is 13.3. The highest BCUT2D eigenvalue weighted by Crippen LogP contribution is 2.37. The van der Waals surface area contributed by atoms with E-state index in [-0.39, 0.29) is 5.56 Å². The van der Waals surface area contributed by atoms with Crippen LogP contribution in [0.5, 0.6) is 0 Å². The van der Waals surface area contributed by atoms with E-state index in [1.54, 1.807) is 0 Å². The Balaban J connectivity index is 3.63. The lowest BCUT2D eigenvalue weighted by Crippen LogP contribution is -2.00. The van der Waals surface area contributed by atoms with E-state index in [1.807, 2.05) is 0 Å². The molecule has 0 aliphatic carbocycles. The molecular formula is C7H4BrFN2O4. The molecule has 1 rings (SSSR count). The van der Waals surface area contributed by atoms with Crippen LogP contribution in [-0.4, -0.2) is 9.85 Å². The van der Waals surface area contributed by atoms with Crippen molar-refractivity contribution in [3.63, 3.8) is 0 Å². The second kappa shape index (κ2) is 3.89. The molecule has 0 N–H and O–H groups in total. The molecule has 80 valence electrons. The molecule has 0 atom stereocenters. The van der Waals surface area contributed by atoms with Gasteiger partial charge in [-0.2, -0.15) is 4.39 Å². The number of halogens is 2. The molecule has 0 radical (unpaired) electrons. The Morgan fingerprint density at radius 3 is 2.27 bits per heavy atom. The van der Waals surface area contributed by atoms with Gasteiger partial charge in [-0.3, -0.25) is 20.2 Å². The predicted octanol–water partition coefficient (Wildman–Crippen LogP) is 2.71. The summed E-state index contributed by atoms with van der Waals surface area (Å²) in [6.07, 6.45) is 0. The highest BCUT2D eigenvalue weighted by atomic mass is 79.9. The average Bonchev–Trinajstić information content (AvgIpc) is 2.10. The summed E-state index contributed by atoms with van der Waals surface area (Å²) in [6, 6.07) is 0.937. The van der Waals surface area contributed by atoms with Crippen LogP contribution >= 0.6 is 15.9 Å². The molecule has 0 saturated carbocycles. The van der Waals surface area contributed by atoms with Gasteiger partial charge < -0.3 is 0 Å². The molecule has 0 amide bonds. The molecule has 0 fully saturated rings. The van der Waals surface area contributed by atoms with Gasteiger partial charge in [-0.15, -0.1) is 0 Å². The van der Waals surface area contributed by atoms with E-state index in [4.69, 9.17) is 0 Å². The number of nitro benzene ring substituents is 2. The van der Waals surface area contributed by atoms with E-state index in [1.165, 1.54) is 6.92 Å². The molecule has 6 nitrogen and oxygen atoms in total. The van der Waals surface area contributed by atoms with Gasteiger partial charge in [-0.25, -0.2) is 0 Å². The van der Waals surface area contributed by atoms with Gasteiger partial charge in [0.15, 0.2) is 4.47 Å². The van der Waals surface area contributed by atoms with Crippen LogP contribution in [0.2, 0.25) is 0 Å². The summed E-state index contributed by atoms with van der Waals surface area (Å²) < 4.78 is 12.8. The summed E-state index contributed by atoms with van der Waals surface area (Å²) in [5.41, 5.74) is -1.58. The Morgan fingerprint density at radius 1 is 1.33 bits per heavy atom. The monoisotopic (exact) mass is 278 g/mol. The van der Waals surface area contributed by atoms with Crippen molar-refractivity contribution >= 4 is 27.3 Å². The zero-order chi connectivity index (χ0) is 11.7. The van der Waals surface area contributed by atoms with Crippen molar-refractivity contribution in [2.45, 2.75) is 6.92 Å². The third-order valence-corrected chi connectivity index (χ3v) is 2.50. The number of rotatable bonds is 2. The van der Waals surface area contributed by atoms with Gasteiger partial charge in [0.05, 0.1) is 9.85 Å². The summed E-state index contributed by atoms with van der Waals surface area (Å²) >= 11 is 2.64. The van der Waals surface area contributed by atoms with Crippen LogP contribution in [0.4, 0.5) is 15.8 Å². The third-order valence-electron chi connectivity index (χ3n) is 1.72. The number of aryl methyl sites for hydroxylation is 1. The number of nitrogens with zero attached hydrogens (tertiary/aromatic N) is 2. The molecule has 1 aromatic carbocycles. The Labute approximate surface area is 91.1 Å². The topological polar surface area (TPSA) is 86.3 Å². The van der Waals surface area contributed by atoms with Crippen LogP contribution in [0, 0.1) is 33.0 Å². The average molecular weight is 279 g/mol. The fourth-order valence-electron chi connectivity index (χ4n) is 1.03. The van der Waals surface area contributed by atoms with E-state index < -0.39 is 31.5 Å². The molecular weight excluding hydrogens is 275 g/mol. The molecule has 0 spiro atoms. The SMILES string of the molecule is Cc1cc([N+](=O)[O-])c(Br)c([N+](=O)[O-])c1F. The lowest BCUT2D eigenvalue weighted by Gasteiger charge is -2.01. The minimum atomic E-state index is -1.07. The standard InChI is InChI=1S/C7H4BrFN2O4/c1-3-2-4(10(12)13)5(8)7(6(3)9)11(14)15/h2H,1H3. The Kier molecular flexibility index (Phi) is 2.98. The summed E-state index contributed by atoms with van der Waals surface area (Å²) in [4.78, 5) is 19.2. The normalized spacial score (nSPS) is 10.1. The quantitative estimate of drug-likeness (QED) is 0.615. The molecule has 0 aromatic heterocycles. The lowest BCUT2D eigenvalue weighted by atomic mass is 10.2. The highest BCUT2D eigenvalue weighted by Gasteiger charge is 2.29. The zero-order valence-electron chi connectivity index (χ0n) is 7.36. The number of benzene rings is 1. The number of hydrogen-bond acceptors (Lipinski definition) is 4. The summed E-state index contributed by atoms with van der Waals surface area (Å²) in [5.74, 6) is -1.07. The fourth-order valence-corrected chi connectivity index (χ4v) is 1.61. The maximum Gasteiger partial charge on any atom is 0.326 e. The van der Waals surface area contributed by atoms with Gasteiger partial charge in [0.2, 0.25) is 5.82 Å². The molecule has 0 aliphatic heterocycles. The van der Waals surface area contributed by atoms with Crippen molar-refractivity contribution in [1.82, 2.24) is 0 Å². The first kappa shape index (κ1) is 11.5. The Morgan fingerprint density at radius 2 is 1.87 bits per heavy atom. The van der Waals surface area contributed by atoms with Gasteiger partial charge in [-0.1, -0.05) is 0 Å². The second-order valence-electron chi connectivity index (χ2n) is 2.70. The Bertz CT molecular complexity index is 463. The smallest absolute Gasteiger partial charge is 0.258 e. The van der Waals surface area contributed by atoms with Gasteiger partial charge in [0, 0.05) is 6.07 Å². The molecule has 0 unspecified atom stereocenters. The van der Waals surface area contributed by atoms with Gasteiger partial charge in [0.25, 0.3) is 5.69 Å². The first-order valence-electron chi connectivity index (χ1n) is 3.63. The van der Waals surface area contributed by atoms with Crippen LogP contribution < -0.4 is 0 Å². The summed E-state index contributed by atoms with van der Waals surface area (Å²) in [6.45, 7) is 1.22. The summed E-state index contributed by atoms with van der Waals surface area (Å²) in [7, 11) is 0. The van der Waals surface area contributed by atoms with Crippen LogP contribution in [0.1, 0.15) is 5.56 Å². The van der Waals surface area contributed by atoms with Gasteiger partial charge >= 0.3 is 5.69 Å². The summed E-state index contributed by atoms with van der Waals surface area (Å²) in [5, 5.41) is 21.0. The zero-order valence-corrected chi connectivity index (χ0v) is 8.95. The molecule has 8 heteroatoms. The van der Waals surface area contributed by atoms with E-state index in [0.29, 0.717) is 0 Å². The third kappa shape index (κ3) is 1.94. The molecule has 0 saturated heterocycles. The predicted molar refractivity (Wildman–Crippen MR) is 52.1 cm³/mol. The highest BCUT2D eigenvalue weighted by molar-refractivity contribution is 9.10. The van der Waals surface area contributed by atoms with Crippen molar-refractivity contribution in [2.24, 2.45) is 0 Å². The minimum absolute atomic E-state index is 0.142. The molecule has 0 bridgehead atoms. The van der Waals surface area contributed by atoms with E-state index >= 15 is 0 Å². The minimum Gasteiger partial charge on any atom is -0.258 e. The van der Waals surface area contributed by atoms with E-state index in [0.717, 1.165) is 6.07 Å².